The lowest BCUT2D eigenvalue weighted by molar-refractivity contribution is -0.384. The minimum absolute atomic E-state index is 0.0292. The number of hydrogen-bond donors (Lipinski definition) is 3. The Hall–Kier alpha value is -5.23. The molecule has 0 saturated carbocycles. The summed E-state index contributed by atoms with van der Waals surface area (Å²) in [6, 6.07) is 16.0. The maximum atomic E-state index is 14.3. The monoisotopic (exact) mass is 551 g/mol. The molecule has 3 amide bonds. The number of para-hydroxylation sites is 1. The Morgan fingerprint density at radius 3 is 2.68 bits per heavy atom. The number of rotatable bonds is 4. The van der Waals surface area contributed by atoms with Gasteiger partial charge in [-0.1, -0.05) is 18.2 Å². The molecule has 0 aliphatic carbocycles. The number of nitrogens with one attached hydrogen (secondary N) is 3. The quantitative estimate of drug-likeness (QED) is 0.199. The molecule has 4 aliphatic rings. The number of fused-ring (bicyclic) bond motifs is 6. The number of non-ortho nitro benzene ring substituents is 1. The highest BCUT2D eigenvalue weighted by Gasteiger charge is 2.70. The molecule has 41 heavy (non-hydrogen) atoms. The molecule has 8 rings (SSSR count). The van der Waals surface area contributed by atoms with Crippen LogP contribution in [0.25, 0.3) is 10.9 Å². The molecule has 1 aromatic heterocycles. The summed E-state index contributed by atoms with van der Waals surface area (Å²) in [6.07, 6.45) is 2.19. The van der Waals surface area contributed by atoms with Gasteiger partial charge in [-0.3, -0.25) is 29.8 Å². The van der Waals surface area contributed by atoms with E-state index >= 15 is 0 Å². The van der Waals surface area contributed by atoms with Crippen LogP contribution in [0.4, 0.5) is 17.1 Å². The second kappa shape index (κ2) is 8.15. The van der Waals surface area contributed by atoms with Crippen molar-refractivity contribution in [2.24, 2.45) is 11.8 Å². The molecule has 4 aromatic rings. The molecule has 4 atom stereocenters. The van der Waals surface area contributed by atoms with Crippen LogP contribution in [0.2, 0.25) is 0 Å². The number of nitro groups is 1. The maximum absolute atomic E-state index is 14.3. The summed E-state index contributed by atoms with van der Waals surface area (Å²) in [7, 11) is 0. The van der Waals surface area contributed by atoms with Gasteiger partial charge in [0.2, 0.25) is 24.5 Å². The molecule has 204 valence electrons. The van der Waals surface area contributed by atoms with Crippen LogP contribution in [0, 0.1) is 22.0 Å². The Kier molecular flexibility index (Phi) is 4.70. The predicted molar refractivity (Wildman–Crippen MR) is 144 cm³/mol. The summed E-state index contributed by atoms with van der Waals surface area (Å²) in [5.41, 5.74) is 0.874. The molecule has 2 fully saturated rings. The Labute approximate surface area is 231 Å². The smallest absolute Gasteiger partial charge is 0.269 e. The zero-order valence-corrected chi connectivity index (χ0v) is 21.2. The summed E-state index contributed by atoms with van der Waals surface area (Å²) in [5, 5.41) is 18.8. The number of nitro benzene ring substituents is 1. The molecule has 3 N–H and O–H groups in total. The number of aromatic nitrogens is 1. The summed E-state index contributed by atoms with van der Waals surface area (Å²) in [4.78, 5) is 57.7. The number of imide groups is 1. The standard InChI is InChI=1S/C29H21N5O7/c35-26-24-21(9-14-12-30-19-4-2-1-3-17(14)19)32-29(18-10-16(34(38)39)5-7-20(18)31-28(29)37)25(24)27(36)33(26)15-6-8-22-23(11-15)41-13-40-22/h1-8,10-12,21,24-25,30,32H,9,13H2,(H,31,37)/t21-,24-,25+,29-/m1/s1. The summed E-state index contributed by atoms with van der Waals surface area (Å²) < 4.78 is 10.9. The minimum atomic E-state index is -1.68. The topological polar surface area (TPSA) is 156 Å². The second-order valence-electron chi connectivity index (χ2n) is 10.6. The molecule has 5 heterocycles. The van der Waals surface area contributed by atoms with E-state index in [0.717, 1.165) is 21.4 Å². The van der Waals surface area contributed by atoms with E-state index in [1.165, 1.54) is 18.2 Å². The Morgan fingerprint density at radius 1 is 1.00 bits per heavy atom. The fourth-order valence-electron chi connectivity index (χ4n) is 6.89. The molecular formula is C29H21N5O7. The number of nitrogens with zero attached hydrogens (tertiary/aromatic N) is 2. The van der Waals surface area contributed by atoms with Gasteiger partial charge in [-0.15, -0.1) is 0 Å². The number of ether oxygens (including phenoxy) is 2. The number of aromatic amines is 1. The van der Waals surface area contributed by atoms with Crippen LogP contribution in [0.5, 0.6) is 11.5 Å². The van der Waals surface area contributed by atoms with Crippen LogP contribution in [-0.2, 0) is 26.3 Å². The highest BCUT2D eigenvalue weighted by molar-refractivity contribution is 6.26. The summed E-state index contributed by atoms with van der Waals surface area (Å²) >= 11 is 0. The molecule has 0 bridgehead atoms. The lowest BCUT2D eigenvalue weighted by Crippen LogP contribution is -2.53. The zero-order chi connectivity index (χ0) is 28.0. The maximum Gasteiger partial charge on any atom is 0.269 e. The highest BCUT2D eigenvalue weighted by Crippen LogP contribution is 2.55. The zero-order valence-electron chi connectivity index (χ0n) is 21.2. The van der Waals surface area contributed by atoms with Gasteiger partial charge >= 0.3 is 0 Å². The van der Waals surface area contributed by atoms with E-state index in [-0.39, 0.29) is 18.0 Å². The van der Waals surface area contributed by atoms with Gasteiger partial charge in [-0.2, -0.15) is 0 Å². The van der Waals surface area contributed by atoms with E-state index in [9.17, 15) is 24.5 Å². The van der Waals surface area contributed by atoms with Crippen molar-refractivity contribution < 1.29 is 28.8 Å². The molecule has 3 aromatic carbocycles. The van der Waals surface area contributed by atoms with Crippen molar-refractivity contribution in [3.05, 3.63) is 88.1 Å². The molecule has 12 heteroatoms. The largest absolute Gasteiger partial charge is 0.454 e. The van der Waals surface area contributed by atoms with Crippen molar-refractivity contribution in [1.82, 2.24) is 10.3 Å². The number of amides is 3. The lowest BCUT2D eigenvalue weighted by Gasteiger charge is -2.29. The fourth-order valence-corrected chi connectivity index (χ4v) is 6.89. The molecule has 12 nitrogen and oxygen atoms in total. The summed E-state index contributed by atoms with van der Waals surface area (Å²) in [6.45, 7) is 0.0292. The number of carbonyl (C=O) groups excluding carboxylic acids is 3. The van der Waals surface area contributed by atoms with Crippen molar-refractivity contribution in [3.8, 4) is 11.5 Å². The van der Waals surface area contributed by atoms with Gasteiger partial charge in [0.15, 0.2) is 11.5 Å². The summed E-state index contributed by atoms with van der Waals surface area (Å²) in [5.74, 6) is -2.71. The van der Waals surface area contributed by atoms with Gasteiger partial charge in [-0.25, -0.2) is 4.90 Å². The average Bonchev–Trinajstić information content (AvgIpc) is 3.76. The van der Waals surface area contributed by atoms with Gasteiger partial charge in [-0.05, 0) is 36.2 Å². The van der Waals surface area contributed by atoms with Crippen LogP contribution in [0.15, 0.2) is 66.9 Å². The SMILES string of the molecule is O=C1[C@H]2[C@@H](C(=O)N1c1ccc3c(c1)OCO3)[C@@]1(N[C@@H]2Cc2c[nH]c3ccccc23)C(=O)Nc2ccc([N+](=O)[O-])cc21. The van der Waals surface area contributed by atoms with Crippen molar-refractivity contribution in [2.45, 2.75) is 18.0 Å². The van der Waals surface area contributed by atoms with E-state index in [1.54, 1.807) is 18.2 Å². The van der Waals surface area contributed by atoms with E-state index < -0.39 is 46.1 Å². The van der Waals surface area contributed by atoms with Gasteiger partial charge in [0.25, 0.3) is 5.69 Å². The van der Waals surface area contributed by atoms with E-state index in [2.05, 4.69) is 15.6 Å². The van der Waals surface area contributed by atoms with Gasteiger partial charge < -0.3 is 19.8 Å². The van der Waals surface area contributed by atoms with E-state index in [0.29, 0.717) is 29.3 Å². The van der Waals surface area contributed by atoms with E-state index in [4.69, 9.17) is 9.47 Å². The van der Waals surface area contributed by atoms with Gasteiger partial charge in [0, 0.05) is 52.6 Å². The van der Waals surface area contributed by atoms with Crippen LogP contribution in [0.1, 0.15) is 11.1 Å². The number of benzene rings is 3. The Bertz CT molecular complexity index is 1850. The number of hydrogen-bond acceptors (Lipinski definition) is 8. The first kappa shape index (κ1) is 23.6. The van der Waals surface area contributed by atoms with Gasteiger partial charge in [0.1, 0.15) is 5.54 Å². The van der Waals surface area contributed by atoms with Crippen molar-refractivity contribution in [3.63, 3.8) is 0 Å². The van der Waals surface area contributed by atoms with Crippen molar-refractivity contribution in [1.29, 1.82) is 0 Å². The number of carbonyl (C=O) groups is 3. The fraction of sp³-hybridized carbons (Fsp3) is 0.207. The number of H-pyrrole nitrogens is 1. The molecule has 2 saturated heterocycles. The van der Waals surface area contributed by atoms with E-state index in [1.807, 2.05) is 30.5 Å². The second-order valence-corrected chi connectivity index (χ2v) is 10.6. The lowest BCUT2D eigenvalue weighted by atomic mass is 9.76. The third kappa shape index (κ3) is 3.10. The molecule has 0 unspecified atom stereocenters. The highest BCUT2D eigenvalue weighted by atomic mass is 16.7. The first-order valence-corrected chi connectivity index (χ1v) is 13.1. The Balaban J connectivity index is 1.28. The normalized spacial score (nSPS) is 25.7. The predicted octanol–water partition coefficient (Wildman–Crippen LogP) is 2.97. The van der Waals surface area contributed by atoms with Crippen molar-refractivity contribution >= 4 is 45.7 Å². The first-order chi connectivity index (χ1) is 19.9. The van der Waals surface area contributed by atoms with Crippen molar-refractivity contribution in [2.75, 3.05) is 17.0 Å². The van der Waals surface area contributed by atoms with Gasteiger partial charge in [0.05, 0.1) is 22.4 Å². The van der Waals surface area contributed by atoms with Crippen LogP contribution in [-0.4, -0.2) is 40.5 Å². The molecule has 4 aliphatic heterocycles. The van der Waals surface area contributed by atoms with Crippen LogP contribution >= 0.6 is 0 Å². The minimum Gasteiger partial charge on any atom is -0.454 e. The average molecular weight is 552 g/mol. The third-order valence-electron chi connectivity index (χ3n) is 8.64. The van der Waals surface area contributed by atoms with Crippen LogP contribution < -0.4 is 25.0 Å². The number of anilines is 2. The first-order valence-electron chi connectivity index (χ1n) is 13.1. The van der Waals surface area contributed by atoms with Crippen LogP contribution in [0.3, 0.4) is 0 Å². The Morgan fingerprint density at radius 2 is 1.83 bits per heavy atom. The third-order valence-corrected chi connectivity index (χ3v) is 8.64. The molecule has 1 spiro atoms. The molecular weight excluding hydrogens is 530 g/mol. The molecule has 0 radical (unpaired) electrons.